The molecule has 4 aromatic rings. The van der Waals surface area contributed by atoms with E-state index in [1.807, 2.05) is 12.4 Å². The van der Waals surface area contributed by atoms with Gasteiger partial charge in [-0.2, -0.15) is 0 Å². The van der Waals surface area contributed by atoms with E-state index in [2.05, 4.69) is 65.6 Å². The molecule has 0 radical (unpaired) electrons. The number of nitrogens with one attached hydrogen (secondary N) is 1. The van der Waals surface area contributed by atoms with Crippen molar-refractivity contribution in [1.82, 2.24) is 4.98 Å². The quantitative estimate of drug-likeness (QED) is 0.453. The molecule has 0 fully saturated rings. The standard InChI is InChI=1S/C18H13N/c1-2-4-17-13(3-1)5-6-14-7-8-15(11-18(14)17)16-9-10-19-12-16/h1-12,19H. The molecule has 0 unspecified atom stereocenters. The number of H-pyrrole nitrogens is 1. The summed E-state index contributed by atoms with van der Waals surface area (Å²) in [5, 5.41) is 5.22. The summed E-state index contributed by atoms with van der Waals surface area (Å²) in [7, 11) is 0. The van der Waals surface area contributed by atoms with Crippen molar-refractivity contribution in [2.24, 2.45) is 0 Å². The molecule has 0 aliphatic rings. The van der Waals surface area contributed by atoms with Crippen LogP contribution in [0.4, 0.5) is 0 Å². The van der Waals surface area contributed by atoms with Crippen molar-refractivity contribution in [3.8, 4) is 11.1 Å². The molecule has 19 heavy (non-hydrogen) atoms. The van der Waals surface area contributed by atoms with E-state index in [-0.39, 0.29) is 0 Å². The molecular formula is C18H13N. The maximum atomic E-state index is 3.11. The number of benzene rings is 3. The van der Waals surface area contributed by atoms with Crippen molar-refractivity contribution < 1.29 is 0 Å². The molecule has 0 saturated carbocycles. The summed E-state index contributed by atoms with van der Waals surface area (Å²) >= 11 is 0. The van der Waals surface area contributed by atoms with Crippen LogP contribution >= 0.6 is 0 Å². The van der Waals surface area contributed by atoms with Crippen molar-refractivity contribution in [1.29, 1.82) is 0 Å². The van der Waals surface area contributed by atoms with Crippen LogP contribution in [-0.4, -0.2) is 4.98 Å². The third-order valence-corrected chi connectivity index (χ3v) is 3.68. The van der Waals surface area contributed by atoms with E-state index >= 15 is 0 Å². The SMILES string of the molecule is c1ccc2c(c1)ccc1ccc(-c3cc[nH]c3)cc12. The second-order valence-corrected chi connectivity index (χ2v) is 4.82. The highest BCUT2D eigenvalue weighted by molar-refractivity contribution is 6.08. The Kier molecular flexibility index (Phi) is 2.18. The molecule has 0 aliphatic carbocycles. The molecule has 1 aromatic heterocycles. The lowest BCUT2D eigenvalue weighted by atomic mass is 9.98. The van der Waals surface area contributed by atoms with Gasteiger partial charge in [0.1, 0.15) is 0 Å². The van der Waals surface area contributed by atoms with Crippen molar-refractivity contribution in [3.63, 3.8) is 0 Å². The van der Waals surface area contributed by atoms with Gasteiger partial charge in [-0.1, -0.05) is 48.5 Å². The zero-order valence-corrected chi connectivity index (χ0v) is 10.4. The van der Waals surface area contributed by atoms with Gasteiger partial charge in [0.25, 0.3) is 0 Å². The number of fused-ring (bicyclic) bond motifs is 3. The van der Waals surface area contributed by atoms with Crippen LogP contribution in [-0.2, 0) is 0 Å². The molecule has 1 heteroatoms. The van der Waals surface area contributed by atoms with E-state index in [0.717, 1.165) is 0 Å². The number of aromatic nitrogens is 1. The molecule has 0 spiro atoms. The van der Waals surface area contributed by atoms with Crippen LogP contribution in [0.15, 0.2) is 73.1 Å². The fraction of sp³-hybridized carbons (Fsp3) is 0. The van der Waals surface area contributed by atoms with Crippen LogP contribution in [0.2, 0.25) is 0 Å². The summed E-state index contributed by atoms with van der Waals surface area (Å²) in [6.45, 7) is 0. The van der Waals surface area contributed by atoms with Crippen LogP contribution in [0.25, 0.3) is 32.7 Å². The average Bonchev–Trinajstić information content (AvgIpc) is 3.01. The number of hydrogen-bond acceptors (Lipinski definition) is 0. The van der Waals surface area contributed by atoms with E-state index in [1.165, 1.54) is 32.7 Å². The molecule has 0 atom stereocenters. The summed E-state index contributed by atoms with van der Waals surface area (Å²) in [5.74, 6) is 0. The van der Waals surface area contributed by atoms with Gasteiger partial charge in [0, 0.05) is 12.4 Å². The lowest BCUT2D eigenvalue weighted by Gasteiger charge is -2.06. The molecule has 3 aromatic carbocycles. The Balaban J connectivity index is 2.09. The molecule has 1 nitrogen and oxygen atoms in total. The van der Waals surface area contributed by atoms with Gasteiger partial charge in [0.2, 0.25) is 0 Å². The van der Waals surface area contributed by atoms with Gasteiger partial charge < -0.3 is 4.98 Å². The monoisotopic (exact) mass is 243 g/mol. The minimum atomic E-state index is 1.23. The van der Waals surface area contributed by atoms with Crippen molar-refractivity contribution in [3.05, 3.63) is 73.1 Å². The first-order chi connectivity index (χ1) is 9.42. The van der Waals surface area contributed by atoms with Crippen molar-refractivity contribution >= 4 is 21.5 Å². The lowest BCUT2D eigenvalue weighted by molar-refractivity contribution is 1.41. The molecule has 1 heterocycles. The van der Waals surface area contributed by atoms with Crippen LogP contribution in [0.5, 0.6) is 0 Å². The third-order valence-electron chi connectivity index (χ3n) is 3.68. The maximum absolute atomic E-state index is 3.11. The smallest absolute Gasteiger partial charge is 0.00841 e. The predicted octanol–water partition coefficient (Wildman–Crippen LogP) is 4.99. The van der Waals surface area contributed by atoms with Gasteiger partial charge in [0.15, 0.2) is 0 Å². The van der Waals surface area contributed by atoms with Crippen molar-refractivity contribution in [2.75, 3.05) is 0 Å². The second-order valence-electron chi connectivity index (χ2n) is 4.82. The Labute approximate surface area is 111 Å². The third kappa shape index (κ3) is 1.63. The highest BCUT2D eigenvalue weighted by Crippen LogP contribution is 2.29. The first kappa shape index (κ1) is 10.4. The Hall–Kier alpha value is -2.54. The van der Waals surface area contributed by atoms with Gasteiger partial charge in [0.05, 0.1) is 0 Å². The zero-order valence-electron chi connectivity index (χ0n) is 10.4. The summed E-state index contributed by atoms with van der Waals surface area (Å²) in [4.78, 5) is 3.11. The molecule has 0 saturated heterocycles. The average molecular weight is 243 g/mol. The van der Waals surface area contributed by atoms with E-state index in [0.29, 0.717) is 0 Å². The second kappa shape index (κ2) is 3.99. The van der Waals surface area contributed by atoms with E-state index in [1.54, 1.807) is 0 Å². The predicted molar refractivity (Wildman–Crippen MR) is 81.2 cm³/mol. The largest absolute Gasteiger partial charge is 0.367 e. The van der Waals surface area contributed by atoms with Crippen LogP contribution in [0.1, 0.15) is 0 Å². The fourth-order valence-corrected chi connectivity index (χ4v) is 2.69. The molecule has 4 rings (SSSR count). The Morgan fingerprint density at radius 2 is 1.42 bits per heavy atom. The van der Waals surface area contributed by atoms with E-state index in [9.17, 15) is 0 Å². The molecule has 90 valence electrons. The van der Waals surface area contributed by atoms with Gasteiger partial charge in [-0.15, -0.1) is 0 Å². The number of rotatable bonds is 1. The summed E-state index contributed by atoms with van der Waals surface area (Å²) < 4.78 is 0. The number of aromatic amines is 1. The topological polar surface area (TPSA) is 15.8 Å². The fourth-order valence-electron chi connectivity index (χ4n) is 2.69. The van der Waals surface area contributed by atoms with Crippen LogP contribution in [0.3, 0.4) is 0 Å². The van der Waals surface area contributed by atoms with Gasteiger partial charge in [-0.25, -0.2) is 0 Å². The summed E-state index contributed by atoms with van der Waals surface area (Å²) in [5.41, 5.74) is 2.49. The van der Waals surface area contributed by atoms with E-state index < -0.39 is 0 Å². The van der Waals surface area contributed by atoms with Gasteiger partial charge in [-0.05, 0) is 44.8 Å². The van der Waals surface area contributed by atoms with Crippen molar-refractivity contribution in [2.45, 2.75) is 0 Å². The zero-order chi connectivity index (χ0) is 12.7. The van der Waals surface area contributed by atoms with E-state index in [4.69, 9.17) is 0 Å². The maximum Gasteiger partial charge on any atom is 0.00841 e. The molecule has 0 bridgehead atoms. The number of hydrogen-bond donors (Lipinski definition) is 1. The Morgan fingerprint density at radius 3 is 2.26 bits per heavy atom. The first-order valence-corrected chi connectivity index (χ1v) is 6.46. The minimum absolute atomic E-state index is 1.23. The lowest BCUT2D eigenvalue weighted by Crippen LogP contribution is -1.79. The summed E-state index contributed by atoms with van der Waals surface area (Å²) in [6, 6.07) is 21.7. The highest BCUT2D eigenvalue weighted by Gasteiger charge is 2.03. The Bertz CT molecular complexity index is 857. The molecule has 1 N–H and O–H groups in total. The normalized spacial score (nSPS) is 11.2. The highest BCUT2D eigenvalue weighted by atomic mass is 14.6. The van der Waals surface area contributed by atoms with Crippen LogP contribution in [0, 0.1) is 0 Å². The van der Waals surface area contributed by atoms with Crippen LogP contribution < -0.4 is 0 Å². The minimum Gasteiger partial charge on any atom is -0.367 e. The Morgan fingerprint density at radius 1 is 0.632 bits per heavy atom. The van der Waals surface area contributed by atoms with Gasteiger partial charge >= 0.3 is 0 Å². The molecule has 0 amide bonds. The summed E-state index contributed by atoms with van der Waals surface area (Å²) in [6.07, 6.45) is 3.99. The van der Waals surface area contributed by atoms with Gasteiger partial charge in [-0.3, -0.25) is 0 Å². The first-order valence-electron chi connectivity index (χ1n) is 6.46. The molecular weight excluding hydrogens is 230 g/mol. The molecule has 0 aliphatic heterocycles.